The smallest absolute Gasteiger partial charge is 0.223 e. The number of para-hydroxylation sites is 1. The summed E-state index contributed by atoms with van der Waals surface area (Å²) < 4.78 is 6.10. The van der Waals surface area contributed by atoms with Crippen LogP contribution in [0.15, 0.2) is 59.8 Å². The molecule has 0 aliphatic carbocycles. The Hall–Kier alpha value is -2.62. The van der Waals surface area contributed by atoms with Crippen LogP contribution in [0.25, 0.3) is 22.2 Å². The summed E-state index contributed by atoms with van der Waals surface area (Å²) in [4.78, 5) is 0. The van der Waals surface area contributed by atoms with E-state index in [0.29, 0.717) is 17.7 Å². The lowest BCUT2D eigenvalue weighted by molar-refractivity contribution is -0.576. The molecule has 2 aromatic heterocycles. The Kier molecular flexibility index (Phi) is 2.76. The first kappa shape index (κ1) is 11.5. The van der Waals surface area contributed by atoms with Crippen LogP contribution in [0.5, 0.6) is 0 Å². The SMILES string of the molecule is C=CCc1cc(-c2cc3ccccc3[n+]([O-])c2)on1. The van der Waals surface area contributed by atoms with E-state index in [9.17, 15) is 5.21 Å². The molecule has 94 valence electrons. The summed E-state index contributed by atoms with van der Waals surface area (Å²) in [7, 11) is 0. The van der Waals surface area contributed by atoms with Gasteiger partial charge in [-0.1, -0.05) is 23.4 Å². The molecule has 0 atom stereocenters. The fourth-order valence-electron chi connectivity index (χ4n) is 2.04. The average molecular weight is 252 g/mol. The predicted octanol–water partition coefficient (Wildman–Crippen LogP) is 2.86. The molecule has 0 amide bonds. The van der Waals surface area contributed by atoms with Crippen molar-refractivity contribution in [3.8, 4) is 11.3 Å². The van der Waals surface area contributed by atoms with Crippen LogP contribution < -0.4 is 4.73 Å². The van der Waals surface area contributed by atoms with E-state index in [0.717, 1.165) is 21.4 Å². The zero-order chi connectivity index (χ0) is 13.2. The Morgan fingerprint density at radius 1 is 1.32 bits per heavy atom. The monoisotopic (exact) mass is 252 g/mol. The molecular weight excluding hydrogens is 240 g/mol. The van der Waals surface area contributed by atoms with Crippen molar-refractivity contribution in [2.24, 2.45) is 0 Å². The number of rotatable bonds is 3. The van der Waals surface area contributed by atoms with E-state index >= 15 is 0 Å². The summed E-state index contributed by atoms with van der Waals surface area (Å²) in [5.74, 6) is 0.590. The summed E-state index contributed by atoms with van der Waals surface area (Å²) in [5.41, 5.74) is 2.16. The zero-order valence-corrected chi connectivity index (χ0v) is 10.2. The van der Waals surface area contributed by atoms with Gasteiger partial charge in [-0.05, 0) is 12.1 Å². The molecule has 3 rings (SSSR count). The second kappa shape index (κ2) is 4.57. The van der Waals surface area contributed by atoms with Gasteiger partial charge in [-0.25, -0.2) is 0 Å². The van der Waals surface area contributed by atoms with Gasteiger partial charge in [-0.3, -0.25) is 0 Å². The van der Waals surface area contributed by atoms with Crippen LogP contribution in [0.3, 0.4) is 0 Å². The number of aromatic nitrogens is 2. The highest BCUT2D eigenvalue weighted by Crippen LogP contribution is 2.22. The molecule has 0 spiro atoms. The number of nitrogens with zero attached hydrogens (tertiary/aromatic N) is 2. The maximum Gasteiger partial charge on any atom is 0.223 e. The van der Waals surface area contributed by atoms with E-state index in [2.05, 4.69) is 11.7 Å². The lowest BCUT2D eigenvalue weighted by atomic mass is 10.1. The number of benzene rings is 1. The molecule has 4 heteroatoms. The van der Waals surface area contributed by atoms with E-state index < -0.39 is 0 Å². The molecule has 0 fully saturated rings. The molecule has 0 unspecified atom stereocenters. The quantitative estimate of drug-likeness (QED) is 0.409. The number of fused-ring (bicyclic) bond motifs is 1. The molecular formula is C15H12N2O2. The highest BCUT2D eigenvalue weighted by molar-refractivity contribution is 5.79. The molecule has 3 aromatic rings. The van der Waals surface area contributed by atoms with Crippen molar-refractivity contribution in [1.29, 1.82) is 0 Å². The molecule has 4 nitrogen and oxygen atoms in total. The van der Waals surface area contributed by atoms with Crippen molar-refractivity contribution in [3.05, 3.63) is 66.2 Å². The van der Waals surface area contributed by atoms with Gasteiger partial charge in [0.2, 0.25) is 5.52 Å². The fourth-order valence-corrected chi connectivity index (χ4v) is 2.04. The van der Waals surface area contributed by atoms with Gasteiger partial charge < -0.3 is 9.73 Å². The number of hydrogen-bond acceptors (Lipinski definition) is 3. The topological polar surface area (TPSA) is 53.0 Å². The van der Waals surface area contributed by atoms with Crippen LogP contribution in [-0.4, -0.2) is 5.16 Å². The minimum Gasteiger partial charge on any atom is -0.618 e. The lowest BCUT2D eigenvalue weighted by Crippen LogP contribution is -2.26. The highest BCUT2D eigenvalue weighted by Gasteiger charge is 2.12. The molecule has 0 N–H and O–H groups in total. The zero-order valence-electron chi connectivity index (χ0n) is 10.2. The van der Waals surface area contributed by atoms with E-state index in [1.807, 2.05) is 30.3 Å². The molecule has 0 bridgehead atoms. The van der Waals surface area contributed by atoms with Gasteiger partial charge in [0.15, 0.2) is 12.0 Å². The Morgan fingerprint density at radius 2 is 2.16 bits per heavy atom. The Labute approximate surface area is 110 Å². The molecule has 1 aromatic carbocycles. The lowest BCUT2D eigenvalue weighted by Gasteiger charge is -2.02. The fraction of sp³-hybridized carbons (Fsp3) is 0.0667. The summed E-state index contributed by atoms with van der Waals surface area (Å²) >= 11 is 0. The summed E-state index contributed by atoms with van der Waals surface area (Å²) in [6, 6.07) is 11.2. The first-order valence-corrected chi connectivity index (χ1v) is 5.97. The molecule has 0 aliphatic heterocycles. The molecule has 2 heterocycles. The third kappa shape index (κ3) is 2.08. The van der Waals surface area contributed by atoms with Gasteiger partial charge in [0.05, 0.1) is 11.3 Å². The van der Waals surface area contributed by atoms with Crippen molar-refractivity contribution < 1.29 is 9.25 Å². The standard InChI is InChI=1S/C15H12N2O2/c1-2-5-13-9-15(19-16-13)12-8-11-6-3-4-7-14(11)17(18)10-12/h2-4,6-10H,1,5H2. The van der Waals surface area contributed by atoms with Crippen LogP contribution in [-0.2, 0) is 6.42 Å². The average Bonchev–Trinajstić information content (AvgIpc) is 2.88. The normalized spacial score (nSPS) is 10.7. The third-order valence-corrected chi connectivity index (χ3v) is 2.94. The second-order valence-electron chi connectivity index (χ2n) is 4.29. The van der Waals surface area contributed by atoms with Crippen molar-refractivity contribution in [2.75, 3.05) is 0 Å². The van der Waals surface area contributed by atoms with Crippen LogP contribution in [0.1, 0.15) is 5.69 Å². The third-order valence-electron chi connectivity index (χ3n) is 2.94. The van der Waals surface area contributed by atoms with Gasteiger partial charge in [-0.15, -0.1) is 6.58 Å². The maximum absolute atomic E-state index is 11.9. The van der Waals surface area contributed by atoms with Crippen LogP contribution >= 0.6 is 0 Å². The largest absolute Gasteiger partial charge is 0.618 e. The number of hydrogen-bond donors (Lipinski definition) is 0. The van der Waals surface area contributed by atoms with Crippen molar-refractivity contribution in [1.82, 2.24) is 5.16 Å². The maximum atomic E-state index is 11.9. The molecule has 0 aliphatic rings. The van der Waals surface area contributed by atoms with E-state index in [4.69, 9.17) is 4.52 Å². The van der Waals surface area contributed by atoms with Gasteiger partial charge in [-0.2, -0.15) is 4.73 Å². The van der Waals surface area contributed by atoms with Gasteiger partial charge in [0.1, 0.15) is 0 Å². The Morgan fingerprint density at radius 3 is 3.00 bits per heavy atom. The molecule has 19 heavy (non-hydrogen) atoms. The number of allylic oxidation sites excluding steroid dienone is 1. The summed E-state index contributed by atoms with van der Waals surface area (Å²) in [6.07, 6.45) is 3.91. The van der Waals surface area contributed by atoms with E-state index in [1.54, 1.807) is 12.1 Å². The second-order valence-corrected chi connectivity index (χ2v) is 4.29. The van der Waals surface area contributed by atoms with Gasteiger partial charge in [0.25, 0.3) is 0 Å². The summed E-state index contributed by atoms with van der Waals surface area (Å²) in [5, 5.41) is 16.8. The van der Waals surface area contributed by atoms with Crippen LogP contribution in [0, 0.1) is 5.21 Å². The van der Waals surface area contributed by atoms with Crippen LogP contribution in [0.4, 0.5) is 0 Å². The van der Waals surface area contributed by atoms with Gasteiger partial charge in [0, 0.05) is 23.9 Å². The van der Waals surface area contributed by atoms with Gasteiger partial charge >= 0.3 is 0 Å². The van der Waals surface area contributed by atoms with Crippen molar-refractivity contribution >= 4 is 10.9 Å². The first-order chi connectivity index (χ1) is 9.28. The Bertz CT molecular complexity index is 747. The molecule has 0 saturated heterocycles. The predicted molar refractivity (Wildman–Crippen MR) is 72.3 cm³/mol. The van der Waals surface area contributed by atoms with Crippen LogP contribution in [0.2, 0.25) is 0 Å². The first-order valence-electron chi connectivity index (χ1n) is 5.97. The molecule has 0 saturated carbocycles. The highest BCUT2D eigenvalue weighted by atomic mass is 16.5. The number of pyridine rings is 1. The van der Waals surface area contributed by atoms with Crippen molar-refractivity contribution in [2.45, 2.75) is 6.42 Å². The Balaban J connectivity index is 2.11. The van der Waals surface area contributed by atoms with E-state index in [-0.39, 0.29) is 0 Å². The minimum absolute atomic E-state index is 0.590. The minimum atomic E-state index is 0.590. The van der Waals surface area contributed by atoms with E-state index in [1.165, 1.54) is 6.20 Å². The summed E-state index contributed by atoms with van der Waals surface area (Å²) in [6.45, 7) is 3.66. The molecule has 0 radical (unpaired) electrons. The van der Waals surface area contributed by atoms with Crippen molar-refractivity contribution in [3.63, 3.8) is 0 Å².